The Kier molecular flexibility index (Phi) is 8.34. The molecule has 0 aliphatic carbocycles. The molecular formula is C22H27ClN2O2. The van der Waals surface area contributed by atoms with Crippen LogP contribution in [0.5, 0.6) is 0 Å². The van der Waals surface area contributed by atoms with Gasteiger partial charge in [-0.05, 0) is 37.0 Å². The van der Waals surface area contributed by atoms with Crippen molar-refractivity contribution in [3.63, 3.8) is 0 Å². The molecule has 5 heteroatoms. The van der Waals surface area contributed by atoms with Crippen LogP contribution in [-0.4, -0.2) is 29.3 Å². The minimum absolute atomic E-state index is 0.0575. The van der Waals surface area contributed by atoms with Crippen molar-refractivity contribution in [2.45, 2.75) is 45.7 Å². The SMILES string of the molecule is CCCNC(=O)[C@@H](C)N(Cc1ccccc1Cl)C(=O)CCc1ccccc1. The van der Waals surface area contributed by atoms with E-state index in [2.05, 4.69) is 5.32 Å². The summed E-state index contributed by atoms with van der Waals surface area (Å²) in [6, 6.07) is 16.7. The van der Waals surface area contributed by atoms with Gasteiger partial charge in [-0.2, -0.15) is 0 Å². The van der Waals surface area contributed by atoms with Crippen molar-refractivity contribution >= 4 is 23.4 Å². The maximum absolute atomic E-state index is 13.0. The summed E-state index contributed by atoms with van der Waals surface area (Å²) in [5, 5.41) is 3.47. The monoisotopic (exact) mass is 386 g/mol. The fraction of sp³-hybridized carbons (Fsp3) is 0.364. The van der Waals surface area contributed by atoms with Crippen molar-refractivity contribution in [1.82, 2.24) is 10.2 Å². The molecule has 27 heavy (non-hydrogen) atoms. The summed E-state index contributed by atoms with van der Waals surface area (Å²) < 4.78 is 0. The second kappa shape index (κ2) is 10.7. The first-order valence-corrected chi connectivity index (χ1v) is 9.75. The zero-order valence-electron chi connectivity index (χ0n) is 16.0. The number of amides is 2. The first-order valence-electron chi connectivity index (χ1n) is 9.37. The number of nitrogens with zero attached hydrogens (tertiary/aromatic N) is 1. The molecule has 0 aromatic heterocycles. The van der Waals surface area contributed by atoms with Crippen LogP contribution >= 0.6 is 11.6 Å². The summed E-state index contributed by atoms with van der Waals surface area (Å²) in [6.07, 6.45) is 1.84. The fourth-order valence-electron chi connectivity index (χ4n) is 2.83. The van der Waals surface area contributed by atoms with E-state index in [1.54, 1.807) is 17.9 Å². The molecule has 0 saturated carbocycles. The van der Waals surface area contributed by atoms with Gasteiger partial charge < -0.3 is 10.2 Å². The van der Waals surface area contributed by atoms with Gasteiger partial charge in [-0.1, -0.05) is 67.1 Å². The molecule has 0 aliphatic heterocycles. The molecule has 1 atom stereocenters. The van der Waals surface area contributed by atoms with Gasteiger partial charge in [-0.3, -0.25) is 9.59 Å². The Bertz CT molecular complexity index is 749. The predicted molar refractivity (Wildman–Crippen MR) is 110 cm³/mol. The first kappa shape index (κ1) is 21.0. The molecule has 4 nitrogen and oxygen atoms in total. The Morgan fingerprint density at radius 2 is 1.74 bits per heavy atom. The number of benzene rings is 2. The Labute approximate surface area is 166 Å². The smallest absolute Gasteiger partial charge is 0.242 e. The summed E-state index contributed by atoms with van der Waals surface area (Å²) in [6.45, 7) is 4.68. The lowest BCUT2D eigenvalue weighted by molar-refractivity contribution is -0.140. The van der Waals surface area contributed by atoms with Gasteiger partial charge in [0, 0.05) is 24.5 Å². The number of halogens is 1. The van der Waals surface area contributed by atoms with Crippen LogP contribution in [0.25, 0.3) is 0 Å². The van der Waals surface area contributed by atoms with E-state index in [9.17, 15) is 9.59 Å². The van der Waals surface area contributed by atoms with Gasteiger partial charge in [0.15, 0.2) is 0 Å². The largest absolute Gasteiger partial charge is 0.354 e. The number of rotatable bonds is 9. The van der Waals surface area contributed by atoms with Crippen LogP contribution in [0.4, 0.5) is 0 Å². The van der Waals surface area contributed by atoms with Crippen molar-refractivity contribution in [2.24, 2.45) is 0 Å². The van der Waals surface area contributed by atoms with Crippen LogP contribution < -0.4 is 5.32 Å². The number of nitrogens with one attached hydrogen (secondary N) is 1. The van der Waals surface area contributed by atoms with Gasteiger partial charge in [0.05, 0.1) is 0 Å². The highest BCUT2D eigenvalue weighted by atomic mass is 35.5. The van der Waals surface area contributed by atoms with Crippen molar-refractivity contribution < 1.29 is 9.59 Å². The van der Waals surface area contributed by atoms with E-state index in [1.807, 2.05) is 55.5 Å². The highest BCUT2D eigenvalue weighted by Gasteiger charge is 2.26. The Balaban J connectivity index is 2.13. The maximum atomic E-state index is 13.0. The van der Waals surface area contributed by atoms with Gasteiger partial charge in [-0.15, -0.1) is 0 Å². The highest BCUT2D eigenvalue weighted by molar-refractivity contribution is 6.31. The third kappa shape index (κ3) is 6.40. The molecule has 0 spiro atoms. The Morgan fingerprint density at radius 3 is 2.41 bits per heavy atom. The topological polar surface area (TPSA) is 49.4 Å². The van der Waals surface area contributed by atoms with Crippen molar-refractivity contribution in [1.29, 1.82) is 0 Å². The summed E-state index contributed by atoms with van der Waals surface area (Å²) in [5.74, 6) is -0.199. The summed E-state index contributed by atoms with van der Waals surface area (Å²) >= 11 is 6.28. The van der Waals surface area contributed by atoms with Gasteiger partial charge in [0.1, 0.15) is 6.04 Å². The van der Waals surface area contributed by atoms with Gasteiger partial charge in [0.25, 0.3) is 0 Å². The molecule has 0 bridgehead atoms. The Hall–Kier alpha value is -2.33. The van der Waals surface area contributed by atoms with Gasteiger partial charge in [-0.25, -0.2) is 0 Å². The van der Waals surface area contributed by atoms with Crippen LogP contribution in [0.15, 0.2) is 54.6 Å². The van der Waals surface area contributed by atoms with E-state index in [4.69, 9.17) is 11.6 Å². The van der Waals surface area contributed by atoms with Crippen molar-refractivity contribution in [3.8, 4) is 0 Å². The molecule has 0 heterocycles. The fourth-order valence-corrected chi connectivity index (χ4v) is 3.02. The van der Waals surface area contributed by atoms with Crippen LogP contribution in [0.1, 0.15) is 37.8 Å². The summed E-state index contributed by atoms with van der Waals surface area (Å²) in [5.41, 5.74) is 1.94. The van der Waals surface area contributed by atoms with Crippen molar-refractivity contribution in [2.75, 3.05) is 6.54 Å². The quantitative estimate of drug-likeness (QED) is 0.701. The van der Waals surface area contributed by atoms with Crippen LogP contribution in [0, 0.1) is 0 Å². The molecule has 0 radical (unpaired) electrons. The van der Waals surface area contributed by atoms with Crippen LogP contribution in [-0.2, 0) is 22.6 Å². The zero-order valence-corrected chi connectivity index (χ0v) is 16.7. The predicted octanol–water partition coefficient (Wildman–Crippen LogP) is 4.22. The van der Waals surface area contributed by atoms with E-state index >= 15 is 0 Å². The molecule has 0 unspecified atom stereocenters. The molecule has 0 fully saturated rings. The van der Waals surface area contributed by atoms with Gasteiger partial charge in [0.2, 0.25) is 11.8 Å². The molecule has 2 aromatic carbocycles. The second-order valence-electron chi connectivity index (χ2n) is 6.57. The molecule has 0 aliphatic rings. The summed E-state index contributed by atoms with van der Waals surface area (Å²) in [7, 11) is 0. The molecule has 2 amide bonds. The lowest BCUT2D eigenvalue weighted by Crippen LogP contribution is -2.47. The van der Waals surface area contributed by atoms with Gasteiger partial charge >= 0.3 is 0 Å². The molecule has 2 rings (SSSR count). The Morgan fingerprint density at radius 1 is 1.07 bits per heavy atom. The number of aryl methyl sites for hydroxylation is 1. The van der Waals surface area contributed by atoms with E-state index in [0.717, 1.165) is 17.5 Å². The molecule has 2 aromatic rings. The molecule has 144 valence electrons. The van der Waals surface area contributed by atoms with Crippen LogP contribution in [0.3, 0.4) is 0 Å². The van der Waals surface area contributed by atoms with E-state index < -0.39 is 6.04 Å². The average Bonchev–Trinajstić information content (AvgIpc) is 2.70. The van der Waals surface area contributed by atoms with E-state index in [-0.39, 0.29) is 11.8 Å². The lowest BCUT2D eigenvalue weighted by atomic mass is 10.1. The zero-order chi connectivity index (χ0) is 19.6. The standard InChI is InChI=1S/C22H27ClN2O2/c1-3-15-24-22(27)17(2)25(16-19-11-7-8-12-20(19)23)21(26)14-13-18-9-5-4-6-10-18/h4-12,17H,3,13-16H2,1-2H3,(H,24,27)/t17-/m1/s1. The molecule has 0 saturated heterocycles. The van der Waals surface area contributed by atoms with Crippen molar-refractivity contribution in [3.05, 3.63) is 70.7 Å². The second-order valence-corrected chi connectivity index (χ2v) is 6.97. The third-order valence-corrected chi connectivity index (χ3v) is 4.85. The molecule has 1 N–H and O–H groups in total. The minimum atomic E-state index is -0.559. The molecular weight excluding hydrogens is 360 g/mol. The average molecular weight is 387 g/mol. The third-order valence-electron chi connectivity index (χ3n) is 4.49. The van der Waals surface area contributed by atoms with E-state index in [0.29, 0.717) is 31.0 Å². The minimum Gasteiger partial charge on any atom is -0.354 e. The number of hydrogen-bond acceptors (Lipinski definition) is 2. The number of hydrogen-bond donors (Lipinski definition) is 1. The normalized spacial score (nSPS) is 11.7. The number of carbonyl (C=O) groups is 2. The maximum Gasteiger partial charge on any atom is 0.242 e. The lowest BCUT2D eigenvalue weighted by Gasteiger charge is -2.29. The number of carbonyl (C=O) groups excluding carboxylic acids is 2. The first-order chi connectivity index (χ1) is 13.0. The highest BCUT2D eigenvalue weighted by Crippen LogP contribution is 2.19. The van der Waals surface area contributed by atoms with E-state index in [1.165, 1.54) is 0 Å². The summed E-state index contributed by atoms with van der Waals surface area (Å²) in [4.78, 5) is 27.0. The van der Waals surface area contributed by atoms with Crippen LogP contribution in [0.2, 0.25) is 5.02 Å².